The third-order valence-corrected chi connectivity index (χ3v) is 2.97. The van der Waals surface area contributed by atoms with E-state index in [1.807, 2.05) is 13.8 Å². The lowest BCUT2D eigenvalue weighted by atomic mass is 9.78. The minimum atomic E-state index is 0.287. The van der Waals surface area contributed by atoms with Gasteiger partial charge in [-0.05, 0) is 37.0 Å². The molecule has 0 amide bonds. The van der Waals surface area contributed by atoms with Crippen molar-refractivity contribution in [2.24, 2.45) is 17.1 Å². The van der Waals surface area contributed by atoms with Crippen molar-refractivity contribution in [2.75, 3.05) is 0 Å². The molecule has 1 heteroatoms. The Morgan fingerprint density at radius 1 is 1.19 bits per heavy atom. The highest BCUT2D eigenvalue weighted by Crippen LogP contribution is 2.30. The fraction of sp³-hybridized carbons (Fsp3) is 0.867. The van der Waals surface area contributed by atoms with Crippen molar-refractivity contribution >= 4 is 0 Å². The van der Waals surface area contributed by atoms with Gasteiger partial charge in [-0.2, -0.15) is 0 Å². The van der Waals surface area contributed by atoms with E-state index in [-0.39, 0.29) is 6.04 Å². The van der Waals surface area contributed by atoms with Gasteiger partial charge in [0.25, 0.3) is 0 Å². The minimum absolute atomic E-state index is 0.287. The van der Waals surface area contributed by atoms with E-state index in [1.54, 1.807) is 0 Å². The first-order chi connectivity index (χ1) is 7.49. The molecule has 0 radical (unpaired) electrons. The normalized spacial score (nSPS) is 28.4. The van der Waals surface area contributed by atoms with Gasteiger partial charge in [0.1, 0.15) is 0 Å². The van der Waals surface area contributed by atoms with Crippen molar-refractivity contribution in [2.45, 2.75) is 72.8 Å². The molecule has 2 atom stereocenters. The molecule has 1 nitrogen and oxygen atoms in total. The fourth-order valence-electron chi connectivity index (χ4n) is 2.30. The van der Waals surface area contributed by atoms with E-state index < -0.39 is 0 Å². The van der Waals surface area contributed by atoms with Crippen LogP contribution in [-0.4, -0.2) is 6.04 Å². The predicted molar refractivity (Wildman–Crippen MR) is 74.5 cm³/mol. The molecule has 0 saturated heterocycles. The van der Waals surface area contributed by atoms with Crippen LogP contribution in [0, 0.1) is 11.3 Å². The molecule has 2 N–H and O–H groups in total. The zero-order valence-corrected chi connectivity index (χ0v) is 11.9. The van der Waals surface area contributed by atoms with Crippen molar-refractivity contribution in [3.05, 3.63) is 12.2 Å². The molecule has 0 saturated carbocycles. The average Bonchev–Trinajstić information content (AvgIpc) is 2.19. The molecule has 1 rings (SSSR count). The van der Waals surface area contributed by atoms with Gasteiger partial charge in [0.2, 0.25) is 0 Å². The monoisotopic (exact) mass is 225 g/mol. The van der Waals surface area contributed by atoms with Crippen LogP contribution in [0.3, 0.4) is 0 Å². The molecule has 0 aliphatic heterocycles. The van der Waals surface area contributed by atoms with Crippen molar-refractivity contribution < 1.29 is 0 Å². The molecule has 0 bridgehead atoms. The summed E-state index contributed by atoms with van der Waals surface area (Å²) in [5.41, 5.74) is 6.58. The van der Waals surface area contributed by atoms with Crippen molar-refractivity contribution in [3.8, 4) is 0 Å². The van der Waals surface area contributed by atoms with Gasteiger partial charge >= 0.3 is 0 Å². The lowest BCUT2D eigenvalue weighted by Crippen LogP contribution is -2.31. The second kappa shape index (κ2) is 7.89. The van der Waals surface area contributed by atoms with Crippen molar-refractivity contribution in [3.63, 3.8) is 0 Å². The quantitative estimate of drug-likeness (QED) is 0.652. The van der Waals surface area contributed by atoms with Crippen LogP contribution < -0.4 is 5.73 Å². The van der Waals surface area contributed by atoms with Gasteiger partial charge in [-0.15, -0.1) is 0 Å². The maximum absolute atomic E-state index is 6.17. The summed E-state index contributed by atoms with van der Waals surface area (Å²) in [5, 5.41) is 0. The molecular weight excluding hydrogens is 194 g/mol. The summed E-state index contributed by atoms with van der Waals surface area (Å²) >= 11 is 0. The summed E-state index contributed by atoms with van der Waals surface area (Å²) in [6, 6.07) is 0.287. The van der Waals surface area contributed by atoms with Crippen molar-refractivity contribution in [1.29, 1.82) is 0 Å². The first kappa shape index (κ1) is 15.7. The first-order valence-electron chi connectivity index (χ1n) is 6.91. The Morgan fingerprint density at radius 3 is 2.38 bits per heavy atom. The number of allylic oxidation sites excluding steroid dienone is 1. The van der Waals surface area contributed by atoms with Crippen LogP contribution in [0.25, 0.3) is 0 Å². The summed E-state index contributed by atoms with van der Waals surface area (Å²) in [6.07, 6.45) is 10.9. The second-order valence-electron chi connectivity index (χ2n) is 5.81. The van der Waals surface area contributed by atoms with Gasteiger partial charge in [0.05, 0.1) is 0 Å². The average molecular weight is 225 g/mol. The molecule has 0 heterocycles. The van der Waals surface area contributed by atoms with Gasteiger partial charge < -0.3 is 5.73 Å². The Balaban J connectivity index is 0.00000106. The largest absolute Gasteiger partial charge is 0.324 e. The highest BCUT2D eigenvalue weighted by molar-refractivity contribution is 4.97. The zero-order chi connectivity index (χ0) is 12.6. The first-order valence-corrected chi connectivity index (χ1v) is 6.91. The molecule has 0 aromatic carbocycles. The standard InChI is InChI=1S/C13H25N.C2H6/c1-13(2,3)10-11-8-6-4-5-7-9-12(11)14;1-2/h7,9,11-12H,4-6,8,10,14H2,1-3H3;1-2H3/b9-7-;. The Labute approximate surface area is 102 Å². The molecule has 2 unspecified atom stereocenters. The smallest absolute Gasteiger partial charge is 0.0252 e. The van der Waals surface area contributed by atoms with Gasteiger partial charge in [-0.3, -0.25) is 0 Å². The van der Waals surface area contributed by atoms with Gasteiger partial charge in [-0.25, -0.2) is 0 Å². The lowest BCUT2D eigenvalue weighted by Gasteiger charge is -2.30. The van der Waals surface area contributed by atoms with Crippen LogP contribution in [0.5, 0.6) is 0 Å². The molecular formula is C15H31N. The number of hydrogen-bond donors (Lipinski definition) is 1. The van der Waals surface area contributed by atoms with E-state index in [9.17, 15) is 0 Å². The SMILES string of the molecule is CC.CC(C)(C)CC1CCCC/C=C\C1N. The van der Waals surface area contributed by atoms with E-state index in [4.69, 9.17) is 5.73 Å². The summed E-state index contributed by atoms with van der Waals surface area (Å²) in [4.78, 5) is 0. The second-order valence-corrected chi connectivity index (χ2v) is 5.81. The van der Waals surface area contributed by atoms with E-state index >= 15 is 0 Å². The summed E-state index contributed by atoms with van der Waals surface area (Å²) in [5.74, 6) is 0.687. The highest BCUT2D eigenvalue weighted by Gasteiger charge is 2.22. The number of nitrogens with two attached hydrogens (primary N) is 1. The molecule has 1 aliphatic rings. The molecule has 0 fully saturated rings. The highest BCUT2D eigenvalue weighted by atomic mass is 14.6. The Hall–Kier alpha value is -0.300. The maximum atomic E-state index is 6.17. The molecule has 0 aromatic heterocycles. The number of hydrogen-bond acceptors (Lipinski definition) is 1. The molecule has 0 spiro atoms. The van der Waals surface area contributed by atoms with E-state index in [2.05, 4.69) is 32.9 Å². The van der Waals surface area contributed by atoms with Gasteiger partial charge in [-0.1, -0.05) is 53.2 Å². The van der Waals surface area contributed by atoms with Crippen LogP contribution in [0.15, 0.2) is 12.2 Å². The summed E-state index contributed by atoms with van der Waals surface area (Å²) in [6.45, 7) is 10.9. The summed E-state index contributed by atoms with van der Waals surface area (Å²) in [7, 11) is 0. The lowest BCUT2D eigenvalue weighted by molar-refractivity contribution is 0.260. The molecule has 1 aliphatic carbocycles. The van der Waals surface area contributed by atoms with Crippen LogP contribution in [0.1, 0.15) is 66.7 Å². The van der Waals surface area contributed by atoms with Gasteiger partial charge in [0.15, 0.2) is 0 Å². The molecule has 96 valence electrons. The third-order valence-electron chi connectivity index (χ3n) is 2.97. The van der Waals surface area contributed by atoms with E-state index in [0.29, 0.717) is 11.3 Å². The number of rotatable bonds is 1. The maximum Gasteiger partial charge on any atom is 0.0252 e. The van der Waals surface area contributed by atoms with E-state index in [1.165, 1.54) is 32.1 Å². The topological polar surface area (TPSA) is 26.0 Å². The molecule has 0 aromatic rings. The van der Waals surface area contributed by atoms with E-state index in [0.717, 1.165) is 0 Å². The summed E-state index contributed by atoms with van der Waals surface area (Å²) < 4.78 is 0. The van der Waals surface area contributed by atoms with Gasteiger partial charge in [0, 0.05) is 6.04 Å². The fourth-order valence-corrected chi connectivity index (χ4v) is 2.30. The van der Waals surface area contributed by atoms with Crippen LogP contribution >= 0.6 is 0 Å². The Bertz CT molecular complexity index is 188. The van der Waals surface area contributed by atoms with Crippen LogP contribution in [-0.2, 0) is 0 Å². The predicted octanol–water partition coefficient (Wildman–Crippen LogP) is 4.52. The van der Waals surface area contributed by atoms with Crippen LogP contribution in [0.4, 0.5) is 0 Å². The van der Waals surface area contributed by atoms with Crippen molar-refractivity contribution in [1.82, 2.24) is 0 Å². The van der Waals surface area contributed by atoms with Crippen LogP contribution in [0.2, 0.25) is 0 Å². The Kier molecular flexibility index (Phi) is 7.74. The minimum Gasteiger partial charge on any atom is -0.324 e. The molecule has 16 heavy (non-hydrogen) atoms. The third kappa shape index (κ3) is 7.05. The zero-order valence-electron chi connectivity index (χ0n) is 11.9. The Morgan fingerprint density at radius 2 is 1.81 bits per heavy atom.